The lowest BCUT2D eigenvalue weighted by Gasteiger charge is -2.22. The highest BCUT2D eigenvalue weighted by molar-refractivity contribution is 7.52. The smallest absolute Gasteiger partial charge is 0.333 e. The first-order valence-corrected chi connectivity index (χ1v) is 17.6. The summed E-state index contributed by atoms with van der Waals surface area (Å²) in [6.07, 6.45) is 17.3. The zero-order valence-corrected chi connectivity index (χ0v) is 26.5. The summed E-state index contributed by atoms with van der Waals surface area (Å²) in [7, 11) is -3.74. The maximum absolute atomic E-state index is 12.5. The first kappa shape index (κ1) is 37.5. The highest BCUT2D eigenvalue weighted by Crippen LogP contribution is 2.41. The fourth-order valence-electron chi connectivity index (χ4n) is 4.67. The summed E-state index contributed by atoms with van der Waals surface area (Å²) in [6.45, 7) is 13.6. The van der Waals surface area contributed by atoms with Crippen LogP contribution in [0.5, 0.6) is 0 Å². The Morgan fingerprint density at radius 1 is 0.816 bits per heavy atom. The third-order valence-corrected chi connectivity index (χ3v) is 8.82. The average molecular weight is 565 g/mol. The van der Waals surface area contributed by atoms with Crippen molar-refractivity contribution in [1.82, 2.24) is 0 Å². The number of esters is 1. The molecule has 0 rings (SSSR count). The van der Waals surface area contributed by atoms with Gasteiger partial charge in [0.25, 0.3) is 0 Å². The average Bonchev–Trinajstić information content (AvgIpc) is 2.90. The van der Waals surface area contributed by atoms with E-state index in [9.17, 15) is 14.3 Å². The maximum Gasteiger partial charge on any atom is 0.333 e. The first-order chi connectivity index (χ1) is 18.3. The number of quaternary nitrogens is 1. The molecule has 0 amide bonds. The lowest BCUT2D eigenvalue weighted by atomic mass is 9.95. The molecule has 0 aromatic carbocycles. The Hall–Kier alpha value is -0.460. The monoisotopic (exact) mass is 564 g/mol. The van der Waals surface area contributed by atoms with Gasteiger partial charge in [0.05, 0.1) is 39.0 Å². The van der Waals surface area contributed by atoms with Gasteiger partial charge in [-0.1, -0.05) is 97.8 Å². The molecule has 0 aliphatic heterocycles. The summed E-state index contributed by atoms with van der Waals surface area (Å²) < 4.78 is 29.2. The number of hydrogen-bond acceptors (Lipinski definition) is 5. The molecule has 0 heterocycles. The Labute approximate surface area is 235 Å². The van der Waals surface area contributed by atoms with Crippen LogP contribution in [0.25, 0.3) is 0 Å². The van der Waals surface area contributed by atoms with Crippen LogP contribution < -0.4 is 4.90 Å². The van der Waals surface area contributed by atoms with Gasteiger partial charge in [0, 0.05) is 13.0 Å². The standard InChI is InChI=1S/C30H62NO6P/c1-6-11-12-13-14-15-16-17-18-19-21-28(8-3)22-24-35-26-29(37-30(32)20-7-2)27-36-38(33,34)25-23-31(9-4)10-5/h28-29H,6-27H2,1-5H3,(H,33,34)/p+1. The van der Waals surface area contributed by atoms with Gasteiger partial charge in [-0.3, -0.25) is 9.36 Å². The normalized spacial score (nSPS) is 14.9. The largest absolute Gasteiger partial charge is 0.457 e. The highest BCUT2D eigenvalue weighted by Gasteiger charge is 2.25. The molecule has 2 N–H and O–H groups in total. The molecule has 38 heavy (non-hydrogen) atoms. The van der Waals surface area contributed by atoms with Crippen molar-refractivity contribution >= 4 is 13.6 Å². The van der Waals surface area contributed by atoms with E-state index < -0.39 is 13.7 Å². The number of hydrogen-bond donors (Lipinski definition) is 2. The van der Waals surface area contributed by atoms with Gasteiger partial charge in [-0.15, -0.1) is 0 Å². The molecular formula is C30H63NO6P+. The van der Waals surface area contributed by atoms with Crippen molar-refractivity contribution < 1.29 is 33.2 Å². The van der Waals surface area contributed by atoms with E-state index in [2.05, 4.69) is 27.7 Å². The van der Waals surface area contributed by atoms with E-state index in [1.165, 1.54) is 75.5 Å². The Morgan fingerprint density at radius 3 is 1.97 bits per heavy atom. The van der Waals surface area contributed by atoms with Crippen LogP contribution in [0.4, 0.5) is 0 Å². The molecule has 0 aliphatic rings. The van der Waals surface area contributed by atoms with Crippen LogP contribution in [0.2, 0.25) is 0 Å². The number of nitrogens with one attached hydrogen (secondary N) is 1. The Balaban J connectivity index is 4.30. The lowest BCUT2D eigenvalue weighted by molar-refractivity contribution is -0.893. The summed E-state index contributed by atoms with van der Waals surface area (Å²) in [5, 5.41) is 0. The molecule has 3 atom stereocenters. The molecule has 0 aliphatic carbocycles. The van der Waals surface area contributed by atoms with E-state index in [0.717, 1.165) is 25.9 Å². The van der Waals surface area contributed by atoms with Crippen LogP contribution in [-0.4, -0.2) is 62.6 Å². The third kappa shape index (κ3) is 22.4. The SMILES string of the molecule is CCCCCCCCCCCCC(CC)CCOCC(COP(=O)(O)CC[NH+](CC)CC)OC(=O)CCC. The molecule has 0 bridgehead atoms. The minimum atomic E-state index is -3.74. The predicted octanol–water partition coefficient (Wildman–Crippen LogP) is 6.57. The van der Waals surface area contributed by atoms with E-state index in [1.807, 2.05) is 6.92 Å². The van der Waals surface area contributed by atoms with E-state index in [0.29, 0.717) is 31.9 Å². The Kier molecular flexibility index (Phi) is 25.2. The van der Waals surface area contributed by atoms with Crippen molar-refractivity contribution in [3.8, 4) is 0 Å². The van der Waals surface area contributed by atoms with Crippen LogP contribution in [0.1, 0.15) is 131 Å². The summed E-state index contributed by atoms with van der Waals surface area (Å²) in [5.74, 6) is 0.319. The van der Waals surface area contributed by atoms with Gasteiger partial charge in [-0.2, -0.15) is 0 Å². The molecule has 0 aromatic heterocycles. The fourth-order valence-corrected chi connectivity index (χ4v) is 5.80. The number of ether oxygens (including phenoxy) is 2. The number of carbonyl (C=O) groups is 1. The summed E-state index contributed by atoms with van der Waals surface area (Å²) in [5.41, 5.74) is 0. The van der Waals surface area contributed by atoms with Crippen LogP contribution >= 0.6 is 7.60 Å². The van der Waals surface area contributed by atoms with Gasteiger partial charge >= 0.3 is 13.6 Å². The van der Waals surface area contributed by atoms with Gasteiger partial charge in [-0.25, -0.2) is 0 Å². The summed E-state index contributed by atoms with van der Waals surface area (Å²) in [4.78, 5) is 23.6. The van der Waals surface area contributed by atoms with E-state index in [-0.39, 0.29) is 25.3 Å². The van der Waals surface area contributed by atoms with Gasteiger partial charge in [0.2, 0.25) is 0 Å². The summed E-state index contributed by atoms with van der Waals surface area (Å²) in [6, 6.07) is 0. The summed E-state index contributed by atoms with van der Waals surface area (Å²) >= 11 is 0. The molecule has 0 saturated carbocycles. The predicted molar refractivity (Wildman–Crippen MR) is 158 cm³/mol. The van der Waals surface area contributed by atoms with Gasteiger partial charge in [-0.05, 0) is 32.6 Å². The second-order valence-electron chi connectivity index (χ2n) is 10.8. The van der Waals surface area contributed by atoms with Crippen molar-refractivity contribution in [2.75, 3.05) is 45.6 Å². The molecule has 3 unspecified atom stereocenters. The molecule has 0 saturated heterocycles. The zero-order valence-electron chi connectivity index (χ0n) is 25.6. The Bertz CT molecular complexity index is 587. The van der Waals surface area contributed by atoms with Crippen molar-refractivity contribution in [1.29, 1.82) is 0 Å². The van der Waals surface area contributed by atoms with Crippen molar-refractivity contribution in [3.63, 3.8) is 0 Å². The molecule has 0 radical (unpaired) electrons. The van der Waals surface area contributed by atoms with Gasteiger partial charge < -0.3 is 23.8 Å². The second kappa shape index (κ2) is 25.5. The van der Waals surface area contributed by atoms with Crippen LogP contribution in [0.15, 0.2) is 0 Å². The molecule has 0 fully saturated rings. The lowest BCUT2D eigenvalue weighted by Crippen LogP contribution is -3.11. The molecule has 0 spiro atoms. The number of carbonyl (C=O) groups excluding carboxylic acids is 1. The van der Waals surface area contributed by atoms with Crippen molar-refractivity contribution in [2.24, 2.45) is 5.92 Å². The first-order valence-electron chi connectivity index (χ1n) is 15.9. The highest BCUT2D eigenvalue weighted by atomic mass is 31.2. The fraction of sp³-hybridized carbons (Fsp3) is 0.967. The quantitative estimate of drug-likeness (QED) is 0.0635. The molecule has 0 aromatic rings. The topological polar surface area (TPSA) is 86.5 Å². The minimum absolute atomic E-state index is 0.0949. The molecule has 228 valence electrons. The van der Waals surface area contributed by atoms with Gasteiger partial charge in [0.1, 0.15) is 6.10 Å². The Morgan fingerprint density at radius 2 is 1.42 bits per heavy atom. The molecule has 8 heteroatoms. The maximum atomic E-state index is 12.5. The second-order valence-corrected chi connectivity index (χ2v) is 12.8. The number of rotatable bonds is 28. The van der Waals surface area contributed by atoms with Crippen LogP contribution in [0, 0.1) is 5.92 Å². The van der Waals surface area contributed by atoms with Crippen molar-refractivity contribution in [2.45, 2.75) is 137 Å². The van der Waals surface area contributed by atoms with E-state index >= 15 is 0 Å². The van der Waals surface area contributed by atoms with Gasteiger partial charge in [0.15, 0.2) is 0 Å². The zero-order chi connectivity index (χ0) is 28.5. The molecular weight excluding hydrogens is 501 g/mol. The van der Waals surface area contributed by atoms with E-state index in [1.54, 1.807) is 0 Å². The number of unbranched alkanes of at least 4 members (excludes halogenated alkanes) is 9. The third-order valence-electron chi connectivity index (χ3n) is 7.48. The van der Waals surface area contributed by atoms with E-state index in [4.69, 9.17) is 14.0 Å². The van der Waals surface area contributed by atoms with Crippen LogP contribution in [0.3, 0.4) is 0 Å². The minimum Gasteiger partial charge on any atom is -0.457 e. The van der Waals surface area contributed by atoms with Crippen molar-refractivity contribution in [3.05, 3.63) is 0 Å². The van der Waals surface area contributed by atoms with Crippen LogP contribution in [-0.2, 0) is 23.4 Å². The molecule has 7 nitrogen and oxygen atoms in total.